The van der Waals surface area contributed by atoms with Crippen LogP contribution in [0, 0.1) is 5.82 Å². The van der Waals surface area contributed by atoms with Gasteiger partial charge in [0.15, 0.2) is 23.1 Å². The highest BCUT2D eigenvalue weighted by molar-refractivity contribution is 5.78. The van der Waals surface area contributed by atoms with Crippen molar-refractivity contribution >= 4 is 5.82 Å². The van der Waals surface area contributed by atoms with Crippen LogP contribution in [0.4, 0.5) is 10.2 Å². The van der Waals surface area contributed by atoms with Gasteiger partial charge in [-0.25, -0.2) is 4.39 Å². The van der Waals surface area contributed by atoms with Crippen LogP contribution in [-0.4, -0.2) is 29.5 Å². The molecule has 0 aliphatic rings. The Balaban J connectivity index is 2.74. The molecule has 4 N–H and O–H groups in total. The SMILES string of the molecule is COc1cc(F)c(O)c(-c2cc(N)n[nH]2)c1OC. The van der Waals surface area contributed by atoms with Gasteiger partial charge >= 0.3 is 0 Å². The van der Waals surface area contributed by atoms with E-state index in [0.717, 1.165) is 6.07 Å². The van der Waals surface area contributed by atoms with Crippen LogP contribution in [0.25, 0.3) is 11.3 Å². The number of aromatic nitrogens is 2. The summed E-state index contributed by atoms with van der Waals surface area (Å²) in [7, 11) is 2.76. The van der Waals surface area contributed by atoms with Crippen LogP contribution in [0.3, 0.4) is 0 Å². The Morgan fingerprint density at radius 2 is 2.06 bits per heavy atom. The average molecular weight is 253 g/mol. The van der Waals surface area contributed by atoms with Crippen LogP contribution in [0.15, 0.2) is 12.1 Å². The molecule has 0 radical (unpaired) electrons. The predicted molar refractivity (Wildman–Crippen MR) is 63.2 cm³/mol. The molecule has 0 fully saturated rings. The first-order chi connectivity index (χ1) is 8.58. The third-order valence-electron chi connectivity index (χ3n) is 2.46. The quantitative estimate of drug-likeness (QED) is 0.771. The van der Waals surface area contributed by atoms with Crippen molar-refractivity contribution in [2.75, 3.05) is 20.0 Å². The van der Waals surface area contributed by atoms with E-state index in [1.54, 1.807) is 0 Å². The third-order valence-corrected chi connectivity index (χ3v) is 2.46. The number of methoxy groups -OCH3 is 2. The molecule has 0 spiro atoms. The van der Waals surface area contributed by atoms with E-state index in [1.807, 2.05) is 0 Å². The summed E-state index contributed by atoms with van der Waals surface area (Å²) in [4.78, 5) is 0. The Bertz CT molecular complexity index is 583. The molecule has 1 aromatic carbocycles. The van der Waals surface area contributed by atoms with E-state index in [4.69, 9.17) is 15.2 Å². The van der Waals surface area contributed by atoms with Crippen molar-refractivity contribution in [3.05, 3.63) is 17.9 Å². The number of anilines is 1. The van der Waals surface area contributed by atoms with E-state index in [1.165, 1.54) is 20.3 Å². The minimum Gasteiger partial charge on any atom is -0.504 e. The van der Waals surface area contributed by atoms with Gasteiger partial charge in [0.2, 0.25) is 0 Å². The number of nitrogens with zero attached hydrogens (tertiary/aromatic N) is 1. The lowest BCUT2D eigenvalue weighted by Crippen LogP contribution is -1.96. The number of aromatic amines is 1. The lowest BCUT2D eigenvalue weighted by Gasteiger charge is -2.13. The van der Waals surface area contributed by atoms with Crippen LogP contribution in [0.5, 0.6) is 17.2 Å². The summed E-state index contributed by atoms with van der Waals surface area (Å²) in [6, 6.07) is 2.49. The number of nitrogens with one attached hydrogen (secondary N) is 1. The summed E-state index contributed by atoms with van der Waals surface area (Å²) in [5, 5.41) is 16.1. The number of hydrogen-bond donors (Lipinski definition) is 3. The Morgan fingerprint density at radius 1 is 1.33 bits per heavy atom. The number of phenols is 1. The number of nitrogen functional groups attached to an aromatic ring is 1. The van der Waals surface area contributed by atoms with Gasteiger partial charge < -0.3 is 20.3 Å². The first kappa shape index (κ1) is 12.0. The van der Waals surface area contributed by atoms with Gasteiger partial charge in [0, 0.05) is 12.1 Å². The molecule has 7 heteroatoms. The van der Waals surface area contributed by atoms with Gasteiger partial charge in [0.05, 0.1) is 25.5 Å². The van der Waals surface area contributed by atoms with Crippen molar-refractivity contribution in [2.45, 2.75) is 0 Å². The molecule has 1 aromatic heterocycles. The molecular weight excluding hydrogens is 241 g/mol. The second-order valence-electron chi connectivity index (χ2n) is 3.52. The molecule has 0 unspecified atom stereocenters. The van der Waals surface area contributed by atoms with Crippen LogP contribution < -0.4 is 15.2 Å². The highest BCUT2D eigenvalue weighted by Crippen LogP contribution is 2.45. The summed E-state index contributed by atoms with van der Waals surface area (Å²) >= 11 is 0. The average Bonchev–Trinajstić information content (AvgIpc) is 2.78. The Hall–Kier alpha value is -2.44. The standard InChI is InChI=1S/C11H12FN3O3/c1-17-7-3-5(12)10(16)9(11(7)18-2)6-4-8(13)15-14-6/h3-4,16H,1-2H3,(H3,13,14,15). The zero-order valence-corrected chi connectivity index (χ0v) is 9.82. The van der Waals surface area contributed by atoms with Crippen molar-refractivity contribution in [3.63, 3.8) is 0 Å². The molecule has 1 heterocycles. The minimum atomic E-state index is -0.823. The monoisotopic (exact) mass is 253 g/mol. The van der Waals surface area contributed by atoms with E-state index in [2.05, 4.69) is 10.2 Å². The van der Waals surface area contributed by atoms with Crippen LogP contribution in [-0.2, 0) is 0 Å². The fraction of sp³-hybridized carbons (Fsp3) is 0.182. The number of H-pyrrole nitrogens is 1. The number of benzene rings is 1. The van der Waals surface area contributed by atoms with E-state index in [0.29, 0.717) is 5.69 Å². The van der Waals surface area contributed by atoms with Gasteiger partial charge in [-0.1, -0.05) is 0 Å². The number of nitrogens with two attached hydrogens (primary N) is 1. The Labute approximate surface area is 102 Å². The van der Waals surface area contributed by atoms with E-state index in [-0.39, 0.29) is 22.9 Å². The number of halogens is 1. The van der Waals surface area contributed by atoms with Gasteiger partial charge in [0.25, 0.3) is 0 Å². The molecule has 0 saturated carbocycles. The molecule has 2 rings (SSSR count). The second-order valence-corrected chi connectivity index (χ2v) is 3.52. The lowest BCUT2D eigenvalue weighted by atomic mass is 10.1. The van der Waals surface area contributed by atoms with Crippen molar-refractivity contribution in [2.24, 2.45) is 0 Å². The topological polar surface area (TPSA) is 93.4 Å². The predicted octanol–water partition coefficient (Wildman–Crippen LogP) is 1.52. The third kappa shape index (κ3) is 1.79. The van der Waals surface area contributed by atoms with Crippen molar-refractivity contribution in [1.82, 2.24) is 10.2 Å². The maximum absolute atomic E-state index is 13.6. The number of rotatable bonds is 3. The van der Waals surface area contributed by atoms with Crippen molar-refractivity contribution in [1.29, 1.82) is 0 Å². The van der Waals surface area contributed by atoms with Crippen molar-refractivity contribution in [3.8, 4) is 28.5 Å². The molecule has 0 aliphatic carbocycles. The number of hydrogen-bond acceptors (Lipinski definition) is 5. The molecule has 2 aromatic rings. The molecule has 96 valence electrons. The van der Waals surface area contributed by atoms with E-state index in [9.17, 15) is 9.50 Å². The number of phenolic OH excluding ortho intramolecular Hbond substituents is 1. The largest absolute Gasteiger partial charge is 0.504 e. The number of aromatic hydroxyl groups is 1. The van der Waals surface area contributed by atoms with Gasteiger partial charge in [-0.3, -0.25) is 5.10 Å². The molecular formula is C11H12FN3O3. The zero-order valence-electron chi connectivity index (χ0n) is 9.82. The summed E-state index contributed by atoms with van der Waals surface area (Å²) in [6.07, 6.45) is 0. The first-order valence-electron chi connectivity index (χ1n) is 5.03. The van der Waals surface area contributed by atoms with Crippen LogP contribution in [0.2, 0.25) is 0 Å². The highest BCUT2D eigenvalue weighted by atomic mass is 19.1. The second kappa shape index (κ2) is 4.44. The highest BCUT2D eigenvalue weighted by Gasteiger charge is 2.22. The zero-order chi connectivity index (χ0) is 13.3. The normalized spacial score (nSPS) is 10.4. The van der Waals surface area contributed by atoms with Gasteiger partial charge in [-0.2, -0.15) is 5.10 Å². The van der Waals surface area contributed by atoms with Crippen molar-refractivity contribution < 1.29 is 19.0 Å². The molecule has 18 heavy (non-hydrogen) atoms. The summed E-state index contributed by atoms with van der Waals surface area (Å²) in [6.45, 7) is 0. The van der Waals surface area contributed by atoms with E-state index < -0.39 is 11.6 Å². The van der Waals surface area contributed by atoms with Crippen LogP contribution in [0.1, 0.15) is 0 Å². The van der Waals surface area contributed by atoms with Gasteiger partial charge in [0.1, 0.15) is 5.82 Å². The lowest BCUT2D eigenvalue weighted by molar-refractivity contribution is 0.346. The Kier molecular flexibility index (Phi) is 2.97. The smallest absolute Gasteiger partial charge is 0.174 e. The summed E-state index contributed by atoms with van der Waals surface area (Å²) in [5.41, 5.74) is 5.92. The maximum Gasteiger partial charge on any atom is 0.174 e. The Morgan fingerprint density at radius 3 is 2.56 bits per heavy atom. The first-order valence-corrected chi connectivity index (χ1v) is 5.03. The molecule has 0 atom stereocenters. The number of ether oxygens (including phenoxy) is 2. The molecule has 0 aliphatic heterocycles. The summed E-state index contributed by atoms with van der Waals surface area (Å²) < 4.78 is 23.7. The maximum atomic E-state index is 13.6. The summed E-state index contributed by atoms with van der Waals surface area (Å²) in [5.74, 6) is -0.808. The fourth-order valence-electron chi connectivity index (χ4n) is 1.67. The molecule has 0 bridgehead atoms. The minimum absolute atomic E-state index is 0.110. The van der Waals surface area contributed by atoms with E-state index >= 15 is 0 Å². The fourth-order valence-corrected chi connectivity index (χ4v) is 1.67. The molecule has 6 nitrogen and oxygen atoms in total. The molecule has 0 saturated heterocycles. The van der Waals surface area contributed by atoms with Crippen LogP contribution >= 0.6 is 0 Å². The van der Waals surface area contributed by atoms with Gasteiger partial charge in [-0.05, 0) is 0 Å². The molecule has 0 amide bonds. The van der Waals surface area contributed by atoms with Gasteiger partial charge in [-0.15, -0.1) is 0 Å².